The van der Waals surface area contributed by atoms with Gasteiger partial charge in [0, 0.05) is 49.8 Å². The first kappa shape index (κ1) is 14.1. The largest absolute Gasteiger partial charge is 0.390 e. The van der Waals surface area contributed by atoms with Crippen molar-refractivity contribution >= 4 is 11.8 Å². The van der Waals surface area contributed by atoms with Crippen molar-refractivity contribution in [1.29, 1.82) is 0 Å². The fourth-order valence-electron chi connectivity index (χ4n) is 4.16. The van der Waals surface area contributed by atoms with Crippen LogP contribution in [0.15, 0.2) is 24.3 Å². The molecule has 0 spiro atoms. The number of hydrogen-bond acceptors (Lipinski definition) is 4. The maximum atomic E-state index is 10.5. The van der Waals surface area contributed by atoms with E-state index in [1.807, 2.05) is 11.8 Å². The molecule has 114 valence electrons. The summed E-state index contributed by atoms with van der Waals surface area (Å²) in [5.74, 6) is 2.44. The van der Waals surface area contributed by atoms with Gasteiger partial charge in [-0.2, -0.15) is 11.8 Å². The number of aliphatic hydroxyl groups excluding tert-OH is 1. The van der Waals surface area contributed by atoms with Gasteiger partial charge in [0.25, 0.3) is 0 Å². The lowest BCUT2D eigenvalue weighted by Crippen LogP contribution is -2.47. The lowest BCUT2D eigenvalue weighted by atomic mass is 10.1. The first-order valence-electron chi connectivity index (χ1n) is 8.12. The van der Waals surface area contributed by atoms with E-state index in [1.54, 1.807) is 0 Å². The van der Waals surface area contributed by atoms with Gasteiger partial charge in [0.05, 0.1) is 6.10 Å². The van der Waals surface area contributed by atoms with Gasteiger partial charge in [-0.05, 0) is 24.0 Å². The Morgan fingerprint density at radius 2 is 1.62 bits per heavy atom. The number of rotatable bonds is 2. The molecule has 0 aromatic heterocycles. The Balaban J connectivity index is 1.42. The number of fused-ring (bicyclic) bond motifs is 1. The topological polar surface area (TPSA) is 26.7 Å². The highest BCUT2D eigenvalue weighted by Crippen LogP contribution is 2.29. The summed E-state index contributed by atoms with van der Waals surface area (Å²) < 4.78 is 0. The van der Waals surface area contributed by atoms with Gasteiger partial charge in [0.1, 0.15) is 0 Å². The number of aliphatic hydroxyl groups is 1. The van der Waals surface area contributed by atoms with Crippen LogP contribution in [0.1, 0.15) is 11.1 Å². The lowest BCUT2D eigenvalue weighted by molar-refractivity contribution is 0.0891. The Labute approximate surface area is 131 Å². The number of thioether (sulfide) groups is 1. The van der Waals surface area contributed by atoms with E-state index in [0.717, 1.165) is 39.0 Å². The summed E-state index contributed by atoms with van der Waals surface area (Å²) in [6.07, 6.45) is 2.15. The van der Waals surface area contributed by atoms with Gasteiger partial charge in [-0.15, -0.1) is 0 Å². The second kappa shape index (κ2) is 5.92. The van der Waals surface area contributed by atoms with Gasteiger partial charge in [0.2, 0.25) is 0 Å². The van der Waals surface area contributed by atoms with Crippen LogP contribution in [0.25, 0.3) is 0 Å². The van der Waals surface area contributed by atoms with Crippen molar-refractivity contribution in [3.8, 4) is 0 Å². The molecule has 2 fully saturated rings. The quantitative estimate of drug-likeness (QED) is 0.889. The smallest absolute Gasteiger partial charge is 0.0834 e. The summed E-state index contributed by atoms with van der Waals surface area (Å²) in [7, 11) is 0. The molecule has 1 aromatic carbocycles. The molecule has 2 saturated heterocycles. The zero-order valence-corrected chi connectivity index (χ0v) is 13.3. The monoisotopic (exact) mass is 304 g/mol. The van der Waals surface area contributed by atoms with Crippen LogP contribution in [0.2, 0.25) is 0 Å². The van der Waals surface area contributed by atoms with E-state index < -0.39 is 0 Å². The molecule has 1 aromatic rings. The Kier molecular flexibility index (Phi) is 3.96. The van der Waals surface area contributed by atoms with E-state index in [4.69, 9.17) is 0 Å². The summed E-state index contributed by atoms with van der Waals surface area (Å²) >= 11 is 2.04. The van der Waals surface area contributed by atoms with Crippen LogP contribution in [-0.2, 0) is 12.8 Å². The van der Waals surface area contributed by atoms with Crippen LogP contribution in [-0.4, -0.2) is 70.8 Å². The summed E-state index contributed by atoms with van der Waals surface area (Å²) in [6, 6.07) is 9.78. The third kappa shape index (κ3) is 2.74. The molecule has 0 radical (unpaired) electrons. The van der Waals surface area contributed by atoms with Crippen molar-refractivity contribution in [3.63, 3.8) is 0 Å². The SMILES string of the molecule is O[C@H]1CN(C2Cc3ccccc3C2)C[C@@H]1N1CCSCC1. The molecule has 21 heavy (non-hydrogen) atoms. The molecule has 0 unspecified atom stereocenters. The van der Waals surface area contributed by atoms with Crippen LogP contribution in [0.4, 0.5) is 0 Å². The van der Waals surface area contributed by atoms with E-state index >= 15 is 0 Å². The first-order valence-corrected chi connectivity index (χ1v) is 9.27. The molecule has 4 heteroatoms. The first-order chi connectivity index (χ1) is 10.3. The van der Waals surface area contributed by atoms with Gasteiger partial charge in [-0.1, -0.05) is 24.3 Å². The second-order valence-corrected chi connectivity index (χ2v) is 7.79. The summed E-state index contributed by atoms with van der Waals surface area (Å²) in [5.41, 5.74) is 3.02. The van der Waals surface area contributed by atoms with Crippen LogP contribution in [0, 0.1) is 0 Å². The molecule has 2 heterocycles. The molecular formula is C17H24N2OS. The fourth-order valence-corrected chi connectivity index (χ4v) is 5.09. The molecule has 4 rings (SSSR count). The van der Waals surface area contributed by atoms with Crippen LogP contribution in [0.3, 0.4) is 0 Å². The van der Waals surface area contributed by atoms with Crippen molar-refractivity contribution in [3.05, 3.63) is 35.4 Å². The van der Waals surface area contributed by atoms with E-state index in [-0.39, 0.29) is 6.10 Å². The molecule has 1 aliphatic carbocycles. The van der Waals surface area contributed by atoms with Crippen molar-refractivity contribution < 1.29 is 5.11 Å². The highest BCUT2D eigenvalue weighted by Gasteiger charge is 2.39. The molecule has 0 amide bonds. The molecule has 1 N–H and O–H groups in total. The van der Waals surface area contributed by atoms with Gasteiger partial charge in [0.15, 0.2) is 0 Å². The standard InChI is InChI=1S/C17H24N2OS/c20-17-12-19(11-16(17)18-5-7-21-8-6-18)15-9-13-3-1-2-4-14(13)10-15/h1-4,15-17,20H,5-12H2/t16-,17-/m0/s1. The van der Waals surface area contributed by atoms with Gasteiger partial charge in [-0.3, -0.25) is 9.80 Å². The number of likely N-dealkylation sites (tertiary alicyclic amines) is 1. The Morgan fingerprint density at radius 3 is 2.29 bits per heavy atom. The maximum absolute atomic E-state index is 10.5. The molecule has 0 bridgehead atoms. The van der Waals surface area contributed by atoms with Crippen LogP contribution in [0.5, 0.6) is 0 Å². The Bertz CT molecular complexity index is 478. The predicted octanol–water partition coefficient (Wildman–Crippen LogP) is 1.25. The minimum atomic E-state index is -0.170. The highest BCUT2D eigenvalue weighted by molar-refractivity contribution is 7.99. The molecule has 2 aliphatic heterocycles. The zero-order chi connectivity index (χ0) is 14.2. The maximum Gasteiger partial charge on any atom is 0.0834 e. The summed E-state index contributed by atoms with van der Waals surface area (Å²) in [5, 5.41) is 10.5. The van der Waals surface area contributed by atoms with Gasteiger partial charge < -0.3 is 5.11 Å². The average molecular weight is 304 g/mol. The molecule has 2 atom stereocenters. The molecule has 0 saturated carbocycles. The van der Waals surface area contributed by atoms with E-state index in [1.165, 1.54) is 22.6 Å². The van der Waals surface area contributed by atoms with Crippen LogP contribution < -0.4 is 0 Å². The van der Waals surface area contributed by atoms with E-state index in [2.05, 4.69) is 34.1 Å². The lowest BCUT2D eigenvalue weighted by Gasteiger charge is -2.33. The average Bonchev–Trinajstić information content (AvgIpc) is 3.11. The van der Waals surface area contributed by atoms with Crippen molar-refractivity contribution in [2.45, 2.75) is 31.0 Å². The molecule has 3 aliphatic rings. The van der Waals surface area contributed by atoms with Crippen molar-refractivity contribution in [1.82, 2.24) is 9.80 Å². The number of hydrogen-bond donors (Lipinski definition) is 1. The third-order valence-corrected chi connectivity index (χ3v) is 6.29. The summed E-state index contributed by atoms with van der Waals surface area (Å²) in [6.45, 7) is 4.19. The summed E-state index contributed by atoms with van der Waals surface area (Å²) in [4.78, 5) is 5.06. The van der Waals surface area contributed by atoms with Crippen molar-refractivity contribution in [2.75, 3.05) is 37.7 Å². The fraction of sp³-hybridized carbons (Fsp3) is 0.647. The van der Waals surface area contributed by atoms with E-state index in [0.29, 0.717) is 12.1 Å². The van der Waals surface area contributed by atoms with Crippen LogP contribution >= 0.6 is 11.8 Å². The molecule has 3 nitrogen and oxygen atoms in total. The highest BCUT2D eigenvalue weighted by atomic mass is 32.2. The number of benzene rings is 1. The number of β-amino-alcohol motifs (C(OH)–C–C–N with tert-alkyl or cyclic N) is 1. The van der Waals surface area contributed by atoms with Crippen molar-refractivity contribution in [2.24, 2.45) is 0 Å². The van der Waals surface area contributed by atoms with Gasteiger partial charge in [-0.25, -0.2) is 0 Å². The Morgan fingerprint density at radius 1 is 0.952 bits per heavy atom. The predicted molar refractivity (Wildman–Crippen MR) is 87.9 cm³/mol. The molecular weight excluding hydrogens is 280 g/mol. The third-order valence-electron chi connectivity index (χ3n) is 5.35. The number of nitrogens with zero attached hydrogens (tertiary/aromatic N) is 2. The van der Waals surface area contributed by atoms with E-state index in [9.17, 15) is 5.11 Å². The zero-order valence-electron chi connectivity index (χ0n) is 12.4. The second-order valence-electron chi connectivity index (χ2n) is 6.57. The van der Waals surface area contributed by atoms with Gasteiger partial charge >= 0.3 is 0 Å². The minimum absolute atomic E-state index is 0.170. The minimum Gasteiger partial charge on any atom is -0.390 e. The normalized spacial score (nSPS) is 31.7. The Hall–Kier alpha value is -0.550.